The average molecular weight is 270 g/mol. The molecule has 5 nitrogen and oxygen atoms in total. The van der Waals surface area contributed by atoms with Crippen molar-refractivity contribution in [2.45, 2.75) is 50.9 Å². The summed E-state index contributed by atoms with van der Waals surface area (Å²) >= 11 is 0. The predicted molar refractivity (Wildman–Crippen MR) is 73.0 cm³/mol. The minimum Gasteiger partial charge on any atom is -0.465 e. The van der Waals surface area contributed by atoms with Crippen molar-refractivity contribution in [1.29, 1.82) is 0 Å². The van der Waals surface area contributed by atoms with Crippen LogP contribution < -0.4 is 5.32 Å². The van der Waals surface area contributed by atoms with Crippen molar-refractivity contribution in [3.05, 3.63) is 0 Å². The molecule has 3 unspecified atom stereocenters. The Kier molecular flexibility index (Phi) is 4.81. The second-order valence-electron chi connectivity index (χ2n) is 5.77. The number of esters is 1. The molecule has 19 heavy (non-hydrogen) atoms. The highest BCUT2D eigenvalue weighted by molar-refractivity contribution is 5.80. The zero-order valence-corrected chi connectivity index (χ0v) is 12.3. The molecule has 0 amide bonds. The van der Waals surface area contributed by atoms with Crippen LogP contribution in [0.5, 0.6) is 0 Å². The van der Waals surface area contributed by atoms with E-state index in [0.717, 1.165) is 26.1 Å². The molecule has 0 radical (unpaired) electrons. The molecule has 0 saturated carbocycles. The number of nitrogens with zero attached hydrogens (tertiary/aromatic N) is 1. The summed E-state index contributed by atoms with van der Waals surface area (Å²) in [6, 6.07) is 0. The van der Waals surface area contributed by atoms with Gasteiger partial charge in [-0.2, -0.15) is 0 Å². The van der Waals surface area contributed by atoms with Gasteiger partial charge in [-0.1, -0.05) is 0 Å². The highest BCUT2D eigenvalue weighted by Gasteiger charge is 2.37. The summed E-state index contributed by atoms with van der Waals surface area (Å²) in [4.78, 5) is 14.4. The van der Waals surface area contributed by atoms with Crippen molar-refractivity contribution < 1.29 is 14.3 Å². The summed E-state index contributed by atoms with van der Waals surface area (Å²) < 4.78 is 11.0. The first-order valence-electron chi connectivity index (χ1n) is 7.31. The number of carbonyl (C=O) groups excluding carboxylic acids is 1. The lowest BCUT2D eigenvalue weighted by molar-refractivity contribution is -0.150. The fraction of sp³-hybridized carbons (Fsp3) is 0.929. The van der Waals surface area contributed by atoms with Crippen LogP contribution in [0.25, 0.3) is 0 Å². The van der Waals surface area contributed by atoms with Crippen LogP contribution in [0.1, 0.15) is 33.1 Å². The standard InChI is InChI=1S/C14H26N2O3/c1-4-18-13(17)14(2,15-3)7-8-16-9-11-5-6-12(10-16)19-11/h11-12,15H,4-10H2,1-3H3. The highest BCUT2D eigenvalue weighted by atomic mass is 16.5. The molecule has 0 aliphatic carbocycles. The number of likely N-dealkylation sites (N-methyl/N-ethyl adjacent to an activating group) is 1. The van der Waals surface area contributed by atoms with Crippen molar-refractivity contribution >= 4 is 5.97 Å². The van der Waals surface area contributed by atoms with Gasteiger partial charge in [0.05, 0.1) is 18.8 Å². The van der Waals surface area contributed by atoms with E-state index >= 15 is 0 Å². The number of fused-ring (bicyclic) bond motifs is 2. The molecule has 2 rings (SSSR count). The van der Waals surface area contributed by atoms with Gasteiger partial charge in [0.2, 0.25) is 0 Å². The Labute approximate surface area is 115 Å². The maximum absolute atomic E-state index is 12.0. The molecule has 0 spiro atoms. The lowest BCUT2D eigenvalue weighted by Crippen LogP contribution is -2.52. The van der Waals surface area contributed by atoms with E-state index in [2.05, 4.69) is 10.2 Å². The number of hydrogen-bond acceptors (Lipinski definition) is 5. The van der Waals surface area contributed by atoms with E-state index in [1.165, 1.54) is 12.8 Å². The molecule has 1 N–H and O–H groups in total. The molecule has 0 aromatic heterocycles. The molecule has 2 fully saturated rings. The Morgan fingerprint density at radius 1 is 1.42 bits per heavy atom. The van der Waals surface area contributed by atoms with Gasteiger partial charge in [-0.3, -0.25) is 9.69 Å². The van der Waals surface area contributed by atoms with Crippen LogP contribution in [0.4, 0.5) is 0 Å². The number of ether oxygens (including phenoxy) is 2. The molecule has 0 aromatic carbocycles. The lowest BCUT2D eigenvalue weighted by atomic mass is 9.97. The van der Waals surface area contributed by atoms with Gasteiger partial charge >= 0.3 is 5.97 Å². The molecule has 5 heteroatoms. The van der Waals surface area contributed by atoms with Crippen LogP contribution in [-0.2, 0) is 14.3 Å². The first kappa shape index (κ1) is 14.8. The third kappa shape index (κ3) is 3.46. The van der Waals surface area contributed by atoms with E-state index in [1.807, 2.05) is 20.9 Å². The third-order valence-corrected chi connectivity index (χ3v) is 4.32. The molecule has 2 aliphatic heterocycles. The summed E-state index contributed by atoms with van der Waals surface area (Å²) in [6.07, 6.45) is 3.94. The minimum atomic E-state index is -0.590. The fourth-order valence-corrected chi connectivity index (χ4v) is 2.88. The molecular formula is C14H26N2O3. The van der Waals surface area contributed by atoms with Crippen LogP contribution in [0.2, 0.25) is 0 Å². The van der Waals surface area contributed by atoms with Crippen LogP contribution in [0.3, 0.4) is 0 Å². The Bertz CT molecular complexity index is 312. The van der Waals surface area contributed by atoms with Crippen molar-refractivity contribution in [2.75, 3.05) is 33.3 Å². The van der Waals surface area contributed by atoms with Crippen molar-refractivity contribution in [1.82, 2.24) is 10.2 Å². The fourth-order valence-electron chi connectivity index (χ4n) is 2.88. The van der Waals surface area contributed by atoms with Crippen molar-refractivity contribution in [2.24, 2.45) is 0 Å². The van der Waals surface area contributed by atoms with E-state index in [-0.39, 0.29) is 5.97 Å². The zero-order valence-electron chi connectivity index (χ0n) is 12.3. The average Bonchev–Trinajstić information content (AvgIpc) is 2.75. The van der Waals surface area contributed by atoms with Crippen molar-refractivity contribution in [3.63, 3.8) is 0 Å². The Morgan fingerprint density at radius 3 is 2.58 bits per heavy atom. The van der Waals surface area contributed by atoms with Crippen LogP contribution in [-0.4, -0.2) is 61.9 Å². The summed E-state index contributed by atoms with van der Waals surface area (Å²) in [5.41, 5.74) is -0.590. The number of likely N-dealkylation sites (tertiary alicyclic amines) is 1. The van der Waals surface area contributed by atoms with Crippen molar-refractivity contribution in [3.8, 4) is 0 Å². The van der Waals surface area contributed by atoms with Crippen LogP contribution in [0.15, 0.2) is 0 Å². The van der Waals surface area contributed by atoms with E-state index in [9.17, 15) is 4.79 Å². The molecule has 0 aromatic rings. The first-order valence-corrected chi connectivity index (χ1v) is 7.31. The smallest absolute Gasteiger partial charge is 0.326 e. The van der Waals surface area contributed by atoms with Gasteiger partial charge in [0.15, 0.2) is 0 Å². The van der Waals surface area contributed by atoms with Gasteiger partial charge in [-0.25, -0.2) is 0 Å². The minimum absolute atomic E-state index is 0.159. The van der Waals surface area contributed by atoms with Gasteiger partial charge in [0, 0.05) is 19.6 Å². The summed E-state index contributed by atoms with van der Waals surface area (Å²) in [5.74, 6) is -0.159. The maximum atomic E-state index is 12.0. The number of rotatable bonds is 6. The number of hydrogen-bond donors (Lipinski definition) is 1. The zero-order chi connectivity index (χ0) is 13.9. The van der Waals surface area contributed by atoms with E-state index in [0.29, 0.717) is 18.8 Å². The molecule has 110 valence electrons. The molecule has 2 aliphatic rings. The lowest BCUT2D eigenvalue weighted by Gasteiger charge is -2.35. The topological polar surface area (TPSA) is 50.8 Å². The molecule has 2 saturated heterocycles. The maximum Gasteiger partial charge on any atom is 0.326 e. The monoisotopic (exact) mass is 270 g/mol. The van der Waals surface area contributed by atoms with E-state index < -0.39 is 5.54 Å². The number of carbonyl (C=O) groups is 1. The van der Waals surface area contributed by atoms with Gasteiger partial charge in [-0.15, -0.1) is 0 Å². The normalized spacial score (nSPS) is 30.1. The van der Waals surface area contributed by atoms with Gasteiger partial charge in [0.25, 0.3) is 0 Å². The van der Waals surface area contributed by atoms with E-state index in [1.54, 1.807) is 0 Å². The molecule has 3 atom stereocenters. The van der Waals surface area contributed by atoms with E-state index in [4.69, 9.17) is 9.47 Å². The van der Waals surface area contributed by atoms with Gasteiger partial charge < -0.3 is 14.8 Å². The Hall–Kier alpha value is -0.650. The Morgan fingerprint density at radius 2 is 2.05 bits per heavy atom. The Balaban J connectivity index is 1.84. The van der Waals surface area contributed by atoms with Crippen LogP contribution >= 0.6 is 0 Å². The molecule has 2 bridgehead atoms. The number of morpholine rings is 1. The SMILES string of the molecule is CCOC(=O)C(C)(CCN1CC2CCC(C1)O2)NC. The highest BCUT2D eigenvalue weighted by Crippen LogP contribution is 2.26. The predicted octanol–water partition coefficient (Wildman–Crippen LogP) is 0.781. The van der Waals surface area contributed by atoms with Crippen LogP contribution in [0, 0.1) is 0 Å². The van der Waals surface area contributed by atoms with Gasteiger partial charge in [0.1, 0.15) is 5.54 Å². The molecule has 2 heterocycles. The molecular weight excluding hydrogens is 244 g/mol. The quantitative estimate of drug-likeness (QED) is 0.723. The largest absolute Gasteiger partial charge is 0.465 e. The number of nitrogens with one attached hydrogen (secondary N) is 1. The first-order chi connectivity index (χ1) is 9.07. The summed E-state index contributed by atoms with van der Waals surface area (Å²) in [6.45, 7) is 7.09. The third-order valence-electron chi connectivity index (χ3n) is 4.32. The van der Waals surface area contributed by atoms with Gasteiger partial charge in [-0.05, 0) is 40.2 Å². The summed E-state index contributed by atoms with van der Waals surface area (Å²) in [7, 11) is 1.82. The second-order valence-corrected chi connectivity index (χ2v) is 5.77. The summed E-state index contributed by atoms with van der Waals surface area (Å²) in [5, 5.41) is 3.11. The second kappa shape index (κ2) is 6.20.